The van der Waals surface area contributed by atoms with E-state index >= 15 is 0 Å². The molecule has 0 unspecified atom stereocenters. The van der Waals surface area contributed by atoms with Crippen molar-refractivity contribution in [3.8, 4) is 0 Å². The molecule has 0 aromatic carbocycles. The van der Waals surface area contributed by atoms with Crippen LogP contribution in [-0.2, 0) is 0 Å². The van der Waals surface area contributed by atoms with Crippen molar-refractivity contribution in [3.63, 3.8) is 0 Å². The Morgan fingerprint density at radius 3 is 1.20 bits per heavy atom. The Morgan fingerprint density at radius 1 is 0.533 bits per heavy atom. The van der Waals surface area contributed by atoms with E-state index in [-0.39, 0.29) is 0 Å². The first-order chi connectivity index (χ1) is 7.41. The van der Waals surface area contributed by atoms with Crippen molar-refractivity contribution in [1.29, 1.82) is 0 Å². The summed E-state index contributed by atoms with van der Waals surface area (Å²) in [6.45, 7) is 4.20. The molecule has 0 aromatic heterocycles. The molecule has 15 heavy (non-hydrogen) atoms. The van der Waals surface area contributed by atoms with Crippen LogP contribution < -0.4 is 0 Å². The predicted octanol–water partition coefficient (Wildman–Crippen LogP) is 5.65. The van der Waals surface area contributed by atoms with Crippen LogP contribution in [0.5, 0.6) is 0 Å². The fourth-order valence-electron chi connectivity index (χ4n) is 1.74. The van der Waals surface area contributed by atoms with Crippen molar-refractivity contribution in [2.75, 3.05) is 0 Å². The van der Waals surface area contributed by atoms with Crippen molar-refractivity contribution >= 4 is 0 Å². The Hall–Kier alpha value is -0.520. The molecule has 0 heteroatoms. The summed E-state index contributed by atoms with van der Waals surface area (Å²) in [6, 6.07) is 0. The lowest BCUT2D eigenvalue weighted by atomic mass is 10.1. The highest BCUT2D eigenvalue weighted by Crippen LogP contribution is 2.10. The molecule has 0 amide bonds. The molecule has 0 spiro atoms. The molecule has 0 aliphatic carbocycles. The SMILES string of the molecule is C/C=C\CCCCCCCCC/C=C\C. The van der Waals surface area contributed by atoms with E-state index < -0.39 is 0 Å². The topological polar surface area (TPSA) is 0 Å². The summed E-state index contributed by atoms with van der Waals surface area (Å²) in [5.41, 5.74) is 0. The third kappa shape index (κ3) is 13.5. The van der Waals surface area contributed by atoms with Gasteiger partial charge in [0.05, 0.1) is 0 Å². The fourth-order valence-corrected chi connectivity index (χ4v) is 1.74. The number of hydrogen-bond acceptors (Lipinski definition) is 0. The highest BCUT2D eigenvalue weighted by Gasteiger charge is 1.90. The number of allylic oxidation sites excluding steroid dienone is 4. The van der Waals surface area contributed by atoms with E-state index in [1.54, 1.807) is 0 Å². The van der Waals surface area contributed by atoms with Gasteiger partial charge in [-0.05, 0) is 39.5 Å². The van der Waals surface area contributed by atoms with Crippen molar-refractivity contribution in [1.82, 2.24) is 0 Å². The molecule has 0 aliphatic rings. The second-order valence-corrected chi connectivity index (χ2v) is 4.19. The molecule has 0 fully saturated rings. The van der Waals surface area contributed by atoms with Gasteiger partial charge in [0.1, 0.15) is 0 Å². The lowest BCUT2D eigenvalue weighted by molar-refractivity contribution is 0.583. The number of hydrogen-bond donors (Lipinski definition) is 0. The van der Waals surface area contributed by atoms with Crippen molar-refractivity contribution in [2.24, 2.45) is 0 Å². The van der Waals surface area contributed by atoms with Gasteiger partial charge >= 0.3 is 0 Å². The number of unbranched alkanes of at least 4 members (excludes halogenated alkanes) is 8. The van der Waals surface area contributed by atoms with E-state index in [9.17, 15) is 0 Å². The van der Waals surface area contributed by atoms with Crippen LogP contribution in [0.1, 0.15) is 71.6 Å². The number of rotatable bonds is 10. The van der Waals surface area contributed by atoms with Crippen molar-refractivity contribution < 1.29 is 0 Å². The summed E-state index contributed by atoms with van der Waals surface area (Å²) in [6.07, 6.45) is 21.3. The van der Waals surface area contributed by atoms with Crippen LogP contribution in [0.4, 0.5) is 0 Å². The average molecular weight is 208 g/mol. The first-order valence-corrected chi connectivity index (χ1v) is 6.64. The second kappa shape index (κ2) is 13.5. The third-order valence-electron chi connectivity index (χ3n) is 2.71. The normalized spacial score (nSPS) is 11.9. The summed E-state index contributed by atoms with van der Waals surface area (Å²) in [5, 5.41) is 0. The quantitative estimate of drug-likeness (QED) is 0.321. The molecular weight excluding hydrogens is 180 g/mol. The summed E-state index contributed by atoms with van der Waals surface area (Å²) in [5.74, 6) is 0. The van der Waals surface area contributed by atoms with Crippen LogP contribution in [0.2, 0.25) is 0 Å². The second-order valence-electron chi connectivity index (χ2n) is 4.19. The van der Waals surface area contributed by atoms with Gasteiger partial charge in [0, 0.05) is 0 Å². The molecule has 0 atom stereocenters. The smallest absolute Gasteiger partial charge is 0.0351 e. The fraction of sp³-hybridized carbons (Fsp3) is 0.733. The van der Waals surface area contributed by atoms with Gasteiger partial charge < -0.3 is 0 Å². The van der Waals surface area contributed by atoms with Crippen LogP contribution in [0.25, 0.3) is 0 Å². The van der Waals surface area contributed by atoms with Gasteiger partial charge in [-0.3, -0.25) is 0 Å². The van der Waals surface area contributed by atoms with E-state index in [0.29, 0.717) is 0 Å². The van der Waals surface area contributed by atoms with Crippen LogP contribution >= 0.6 is 0 Å². The molecule has 0 radical (unpaired) electrons. The van der Waals surface area contributed by atoms with Gasteiger partial charge in [0.25, 0.3) is 0 Å². The maximum absolute atomic E-state index is 2.27. The summed E-state index contributed by atoms with van der Waals surface area (Å²) in [7, 11) is 0. The summed E-state index contributed by atoms with van der Waals surface area (Å²) in [4.78, 5) is 0. The highest BCUT2D eigenvalue weighted by atomic mass is 14.0. The zero-order valence-electron chi connectivity index (χ0n) is 10.7. The first kappa shape index (κ1) is 14.5. The van der Waals surface area contributed by atoms with Gasteiger partial charge in [-0.15, -0.1) is 0 Å². The van der Waals surface area contributed by atoms with Crippen LogP contribution in [0, 0.1) is 0 Å². The molecular formula is C15H28. The third-order valence-corrected chi connectivity index (χ3v) is 2.71. The van der Waals surface area contributed by atoms with E-state index in [1.165, 1.54) is 57.8 Å². The molecule has 0 saturated carbocycles. The van der Waals surface area contributed by atoms with E-state index in [1.807, 2.05) is 0 Å². The van der Waals surface area contributed by atoms with Crippen LogP contribution in [0.15, 0.2) is 24.3 Å². The van der Waals surface area contributed by atoms with Gasteiger partial charge in [0.15, 0.2) is 0 Å². The van der Waals surface area contributed by atoms with Crippen LogP contribution in [-0.4, -0.2) is 0 Å². The average Bonchev–Trinajstić information content (AvgIpc) is 2.26. The maximum Gasteiger partial charge on any atom is -0.0351 e. The zero-order chi connectivity index (χ0) is 11.2. The minimum atomic E-state index is 1.28. The molecule has 0 N–H and O–H groups in total. The van der Waals surface area contributed by atoms with Crippen LogP contribution in [0.3, 0.4) is 0 Å². The maximum atomic E-state index is 2.27. The van der Waals surface area contributed by atoms with Crippen molar-refractivity contribution in [2.45, 2.75) is 71.6 Å². The standard InChI is InChI=1S/C15H28/c1-3-5-7-9-11-13-15-14-12-10-8-6-4-2/h3-6H,7-15H2,1-2H3/b5-3-,6-4-. The predicted molar refractivity (Wildman–Crippen MR) is 71.2 cm³/mol. The molecule has 0 bridgehead atoms. The molecule has 0 aromatic rings. The molecule has 0 heterocycles. The van der Waals surface area contributed by atoms with E-state index in [0.717, 1.165) is 0 Å². The Labute approximate surface area is 96.5 Å². The van der Waals surface area contributed by atoms with Gasteiger partial charge in [0.2, 0.25) is 0 Å². The van der Waals surface area contributed by atoms with Gasteiger partial charge in [-0.25, -0.2) is 0 Å². The Balaban J connectivity index is 2.92. The monoisotopic (exact) mass is 208 g/mol. The van der Waals surface area contributed by atoms with E-state index in [4.69, 9.17) is 0 Å². The zero-order valence-corrected chi connectivity index (χ0v) is 10.7. The summed E-state index contributed by atoms with van der Waals surface area (Å²) < 4.78 is 0. The first-order valence-electron chi connectivity index (χ1n) is 6.64. The summed E-state index contributed by atoms with van der Waals surface area (Å²) >= 11 is 0. The Morgan fingerprint density at radius 2 is 0.867 bits per heavy atom. The Kier molecular flexibility index (Phi) is 13.0. The molecule has 0 aliphatic heterocycles. The van der Waals surface area contributed by atoms with Gasteiger partial charge in [-0.2, -0.15) is 0 Å². The molecule has 0 rings (SSSR count). The Bertz CT molecular complexity index is 135. The highest BCUT2D eigenvalue weighted by molar-refractivity contribution is 4.76. The minimum Gasteiger partial charge on any atom is -0.0917 e. The largest absolute Gasteiger partial charge is 0.0917 e. The minimum absolute atomic E-state index is 1.28. The van der Waals surface area contributed by atoms with E-state index in [2.05, 4.69) is 38.2 Å². The molecule has 88 valence electrons. The van der Waals surface area contributed by atoms with Crippen molar-refractivity contribution in [3.05, 3.63) is 24.3 Å². The van der Waals surface area contributed by atoms with Gasteiger partial charge in [-0.1, -0.05) is 56.4 Å². The lowest BCUT2D eigenvalue weighted by Gasteiger charge is -1.99. The lowest BCUT2D eigenvalue weighted by Crippen LogP contribution is -1.80. The molecule has 0 nitrogen and oxygen atoms in total. The molecule has 0 saturated heterocycles.